The average molecular weight is 250 g/mol. The fourth-order valence-corrected chi connectivity index (χ4v) is 2.21. The first kappa shape index (κ1) is 13.1. The largest absolute Gasteiger partial charge is 0.455 e. The Morgan fingerprint density at radius 1 is 1.61 bits per heavy atom. The fourth-order valence-electron chi connectivity index (χ4n) is 2.21. The molecule has 4 heteroatoms. The Balaban J connectivity index is 1.94. The summed E-state index contributed by atoms with van der Waals surface area (Å²) in [7, 11) is 0. The molecule has 0 saturated carbocycles. The Labute approximate surface area is 107 Å². The maximum absolute atomic E-state index is 11.5. The average Bonchev–Trinajstić information content (AvgIpc) is 2.71. The molecule has 4 nitrogen and oxygen atoms in total. The molecule has 0 spiro atoms. The Morgan fingerprint density at radius 3 is 3.22 bits per heavy atom. The molecule has 18 heavy (non-hydrogen) atoms. The Morgan fingerprint density at radius 2 is 2.44 bits per heavy atom. The normalized spacial score (nSPS) is 31.7. The van der Waals surface area contributed by atoms with Crippen LogP contribution >= 0.6 is 0 Å². The van der Waals surface area contributed by atoms with Gasteiger partial charge in [-0.1, -0.05) is 18.2 Å². The third-order valence-corrected chi connectivity index (χ3v) is 3.23. The summed E-state index contributed by atoms with van der Waals surface area (Å²) < 4.78 is 10.5. The van der Waals surface area contributed by atoms with Crippen LogP contribution in [0, 0.1) is 0 Å². The smallest absolute Gasteiger partial charge is 0.331 e. The molecule has 1 aliphatic heterocycles. The quantitative estimate of drug-likeness (QED) is 0.357. The first-order valence-electron chi connectivity index (χ1n) is 6.15. The second-order valence-electron chi connectivity index (χ2n) is 4.62. The standard InChI is InChI=1S/C14H18O4/c1-2-3-4-5-13(15)18-12-6-7-14(16)10-17-9-11(14)8-12/h2-5,8,12,16H,6-7,9-10H2,1H3/b3-2+,5-4+/t12-,14+/m0/s1. The van der Waals surface area contributed by atoms with Crippen molar-refractivity contribution in [1.82, 2.24) is 0 Å². The van der Waals surface area contributed by atoms with Crippen molar-refractivity contribution in [3.63, 3.8) is 0 Å². The van der Waals surface area contributed by atoms with Crippen molar-refractivity contribution in [2.24, 2.45) is 0 Å². The predicted molar refractivity (Wildman–Crippen MR) is 66.9 cm³/mol. The molecule has 1 saturated heterocycles. The van der Waals surface area contributed by atoms with Gasteiger partial charge >= 0.3 is 5.97 Å². The number of carbonyl (C=O) groups excluding carboxylic acids is 1. The van der Waals surface area contributed by atoms with Crippen LogP contribution in [-0.4, -0.2) is 36.0 Å². The van der Waals surface area contributed by atoms with Crippen LogP contribution in [0.1, 0.15) is 19.8 Å². The number of hydrogen-bond acceptors (Lipinski definition) is 4. The van der Waals surface area contributed by atoms with E-state index in [-0.39, 0.29) is 12.1 Å². The molecule has 0 radical (unpaired) electrons. The number of rotatable bonds is 3. The number of aliphatic hydroxyl groups is 1. The van der Waals surface area contributed by atoms with Gasteiger partial charge in [-0.2, -0.15) is 0 Å². The van der Waals surface area contributed by atoms with E-state index in [1.54, 1.807) is 12.2 Å². The number of allylic oxidation sites excluding steroid dienone is 3. The molecule has 0 amide bonds. The lowest BCUT2D eigenvalue weighted by Gasteiger charge is -2.29. The first-order chi connectivity index (χ1) is 8.64. The van der Waals surface area contributed by atoms with E-state index in [1.165, 1.54) is 6.08 Å². The molecule has 1 heterocycles. The molecule has 0 aromatic carbocycles. The summed E-state index contributed by atoms with van der Waals surface area (Å²) in [4.78, 5) is 11.5. The number of ether oxygens (including phenoxy) is 2. The molecule has 98 valence electrons. The Hall–Kier alpha value is -1.39. The highest BCUT2D eigenvalue weighted by Crippen LogP contribution is 2.35. The first-order valence-corrected chi connectivity index (χ1v) is 6.15. The van der Waals surface area contributed by atoms with Crippen LogP contribution in [0.3, 0.4) is 0 Å². The minimum Gasteiger partial charge on any atom is -0.455 e. The molecule has 0 unspecified atom stereocenters. The van der Waals surface area contributed by atoms with Crippen LogP contribution in [0.5, 0.6) is 0 Å². The molecule has 0 bridgehead atoms. The summed E-state index contributed by atoms with van der Waals surface area (Å²) in [5, 5.41) is 10.2. The highest BCUT2D eigenvalue weighted by Gasteiger charge is 2.41. The molecular weight excluding hydrogens is 232 g/mol. The lowest BCUT2D eigenvalue weighted by atomic mass is 9.84. The van der Waals surface area contributed by atoms with Crippen molar-refractivity contribution < 1.29 is 19.4 Å². The van der Waals surface area contributed by atoms with E-state index in [9.17, 15) is 9.90 Å². The van der Waals surface area contributed by atoms with Crippen LogP contribution in [0.25, 0.3) is 0 Å². The van der Waals surface area contributed by atoms with Crippen LogP contribution in [-0.2, 0) is 14.3 Å². The van der Waals surface area contributed by atoms with Gasteiger partial charge in [0.25, 0.3) is 0 Å². The molecule has 1 fully saturated rings. The predicted octanol–water partition coefficient (Wildman–Crippen LogP) is 1.51. The van der Waals surface area contributed by atoms with Gasteiger partial charge < -0.3 is 14.6 Å². The van der Waals surface area contributed by atoms with Gasteiger partial charge in [-0.05, 0) is 31.4 Å². The summed E-state index contributed by atoms with van der Waals surface area (Å²) in [6, 6.07) is 0. The van der Waals surface area contributed by atoms with Crippen LogP contribution in [0.4, 0.5) is 0 Å². The molecule has 1 aliphatic carbocycles. The highest BCUT2D eigenvalue weighted by atomic mass is 16.5. The molecular formula is C14H18O4. The van der Waals surface area contributed by atoms with Gasteiger partial charge in [-0.25, -0.2) is 4.79 Å². The third kappa shape index (κ3) is 2.89. The Kier molecular flexibility index (Phi) is 3.99. The number of fused-ring (bicyclic) bond motifs is 1. The summed E-state index contributed by atoms with van der Waals surface area (Å²) in [6.07, 6.45) is 9.41. The molecule has 2 rings (SSSR count). The van der Waals surface area contributed by atoms with Crippen LogP contribution < -0.4 is 0 Å². The zero-order chi connectivity index (χ0) is 13.0. The summed E-state index contributed by atoms with van der Waals surface area (Å²) in [5.74, 6) is -0.362. The molecule has 0 aromatic heterocycles. The van der Waals surface area contributed by atoms with Crippen molar-refractivity contribution >= 4 is 5.97 Å². The molecule has 1 N–H and O–H groups in total. The van der Waals surface area contributed by atoms with Crippen molar-refractivity contribution in [2.45, 2.75) is 31.5 Å². The van der Waals surface area contributed by atoms with Gasteiger partial charge in [0, 0.05) is 6.08 Å². The molecule has 0 aromatic rings. The van der Waals surface area contributed by atoms with E-state index < -0.39 is 5.60 Å². The van der Waals surface area contributed by atoms with Crippen molar-refractivity contribution in [3.05, 3.63) is 36.0 Å². The van der Waals surface area contributed by atoms with Crippen molar-refractivity contribution in [1.29, 1.82) is 0 Å². The molecule has 2 aliphatic rings. The fraction of sp³-hybridized carbons (Fsp3) is 0.500. The zero-order valence-electron chi connectivity index (χ0n) is 10.5. The maximum atomic E-state index is 11.5. The summed E-state index contributed by atoms with van der Waals surface area (Å²) in [6.45, 7) is 2.65. The Bertz CT molecular complexity index is 408. The minimum atomic E-state index is -0.830. The van der Waals surface area contributed by atoms with Gasteiger partial charge in [0.05, 0.1) is 13.2 Å². The van der Waals surface area contributed by atoms with E-state index in [0.29, 0.717) is 26.1 Å². The second kappa shape index (κ2) is 5.50. The molecule has 2 atom stereocenters. The zero-order valence-corrected chi connectivity index (χ0v) is 10.5. The highest BCUT2D eigenvalue weighted by molar-refractivity contribution is 5.82. The summed E-state index contributed by atoms with van der Waals surface area (Å²) in [5.41, 5.74) is 0.00735. The maximum Gasteiger partial charge on any atom is 0.331 e. The number of hydrogen-bond donors (Lipinski definition) is 1. The van der Waals surface area contributed by atoms with E-state index in [0.717, 1.165) is 5.57 Å². The van der Waals surface area contributed by atoms with Crippen LogP contribution in [0.2, 0.25) is 0 Å². The van der Waals surface area contributed by atoms with Gasteiger partial charge in [0.2, 0.25) is 0 Å². The van der Waals surface area contributed by atoms with Crippen LogP contribution in [0.15, 0.2) is 36.0 Å². The van der Waals surface area contributed by atoms with E-state index in [2.05, 4.69) is 0 Å². The van der Waals surface area contributed by atoms with E-state index in [1.807, 2.05) is 19.1 Å². The third-order valence-electron chi connectivity index (χ3n) is 3.23. The number of carbonyl (C=O) groups is 1. The van der Waals surface area contributed by atoms with Gasteiger partial charge in [0.1, 0.15) is 11.7 Å². The van der Waals surface area contributed by atoms with Gasteiger partial charge in [-0.15, -0.1) is 0 Å². The van der Waals surface area contributed by atoms with Crippen molar-refractivity contribution in [3.8, 4) is 0 Å². The van der Waals surface area contributed by atoms with E-state index in [4.69, 9.17) is 9.47 Å². The monoisotopic (exact) mass is 250 g/mol. The number of esters is 1. The lowest BCUT2D eigenvalue weighted by molar-refractivity contribution is -0.142. The lowest BCUT2D eigenvalue weighted by Crippen LogP contribution is -2.37. The minimum absolute atomic E-state index is 0.260. The second-order valence-corrected chi connectivity index (χ2v) is 4.62. The topological polar surface area (TPSA) is 55.8 Å². The van der Waals surface area contributed by atoms with Crippen molar-refractivity contribution in [2.75, 3.05) is 13.2 Å². The van der Waals surface area contributed by atoms with Gasteiger partial charge in [0.15, 0.2) is 0 Å². The van der Waals surface area contributed by atoms with Gasteiger partial charge in [-0.3, -0.25) is 0 Å². The SMILES string of the molecule is C/C=C/C=C/C(=O)O[C@@H]1C=C2COC[C@]2(O)CC1. The summed E-state index contributed by atoms with van der Waals surface area (Å²) >= 11 is 0. The van der Waals surface area contributed by atoms with E-state index >= 15 is 0 Å².